The predicted octanol–water partition coefficient (Wildman–Crippen LogP) is 4.80. The van der Waals surface area contributed by atoms with Gasteiger partial charge < -0.3 is 19.7 Å². The molecule has 1 aliphatic rings. The van der Waals surface area contributed by atoms with Gasteiger partial charge in [-0.15, -0.1) is 0 Å². The van der Waals surface area contributed by atoms with Gasteiger partial charge in [-0.2, -0.15) is 31.4 Å². The van der Waals surface area contributed by atoms with Crippen LogP contribution in [-0.2, 0) is 25.0 Å². The molecule has 7 nitrogen and oxygen atoms in total. The number of aryl methyl sites for hydroxylation is 1. The number of aliphatic hydroxyl groups is 1. The van der Waals surface area contributed by atoms with Crippen LogP contribution in [0.1, 0.15) is 56.6 Å². The molecule has 3 aromatic rings. The topological polar surface area (TPSA) is 77.1 Å². The van der Waals surface area contributed by atoms with Crippen LogP contribution in [0.2, 0.25) is 0 Å². The zero-order valence-corrected chi connectivity index (χ0v) is 20.1. The van der Waals surface area contributed by atoms with Gasteiger partial charge in [0.15, 0.2) is 5.69 Å². The third kappa shape index (κ3) is 5.03. The number of fused-ring (bicyclic) bond motifs is 1. The maximum atomic E-state index is 13.8. The van der Waals surface area contributed by atoms with Crippen molar-refractivity contribution < 1.29 is 36.2 Å². The van der Waals surface area contributed by atoms with Gasteiger partial charge in [-0.25, -0.2) is 4.98 Å². The lowest BCUT2D eigenvalue weighted by molar-refractivity contribution is -0.141. The van der Waals surface area contributed by atoms with Crippen molar-refractivity contribution in [3.05, 3.63) is 41.5 Å². The highest BCUT2D eigenvalue weighted by Gasteiger charge is 2.44. The second kappa shape index (κ2) is 8.94. The molecule has 1 fully saturated rings. The number of nitrogens with one attached hydrogen (secondary N) is 1. The number of alkyl halides is 6. The van der Waals surface area contributed by atoms with E-state index < -0.39 is 35.3 Å². The number of rotatable bonds is 5. The minimum Gasteiger partial charge on any atom is -0.492 e. The van der Waals surface area contributed by atoms with Crippen molar-refractivity contribution in [2.75, 3.05) is 6.61 Å². The van der Waals surface area contributed by atoms with Gasteiger partial charge in [0, 0.05) is 37.7 Å². The minimum absolute atomic E-state index is 0.00757. The first kappa shape index (κ1) is 26.3. The van der Waals surface area contributed by atoms with Crippen LogP contribution in [-0.4, -0.2) is 43.1 Å². The van der Waals surface area contributed by atoms with E-state index in [1.54, 1.807) is 20.8 Å². The molecular formula is C23H27F6N5O2. The van der Waals surface area contributed by atoms with Gasteiger partial charge in [0.05, 0.1) is 28.6 Å². The number of halogens is 6. The van der Waals surface area contributed by atoms with E-state index in [2.05, 4.69) is 15.4 Å². The Hall–Kier alpha value is -2.80. The van der Waals surface area contributed by atoms with Gasteiger partial charge in [0.1, 0.15) is 18.0 Å². The molecule has 3 heterocycles. The molecule has 2 aromatic heterocycles. The lowest BCUT2D eigenvalue weighted by atomic mass is 9.81. The van der Waals surface area contributed by atoms with Crippen LogP contribution in [0.4, 0.5) is 26.3 Å². The van der Waals surface area contributed by atoms with Crippen LogP contribution in [0.5, 0.6) is 5.75 Å². The number of ether oxygens (including phenoxy) is 1. The molecular weight excluding hydrogens is 492 g/mol. The van der Waals surface area contributed by atoms with Crippen molar-refractivity contribution in [2.24, 2.45) is 7.05 Å². The second-order valence-electron chi connectivity index (χ2n) is 9.63. The van der Waals surface area contributed by atoms with E-state index in [1.165, 1.54) is 24.0 Å². The van der Waals surface area contributed by atoms with Gasteiger partial charge in [-0.3, -0.25) is 4.68 Å². The van der Waals surface area contributed by atoms with E-state index >= 15 is 0 Å². The summed E-state index contributed by atoms with van der Waals surface area (Å²) in [6.07, 6.45) is -7.85. The third-order valence-electron chi connectivity index (χ3n) is 6.35. The highest BCUT2D eigenvalue weighted by Crippen LogP contribution is 2.40. The average molecular weight is 519 g/mol. The molecule has 36 heavy (non-hydrogen) atoms. The standard InChI is InChI=1S/C23H27F6N5O2/c1-12(2)34-11-30-17-6-15(5-16(20(17)34)22(24,25)26)36-10-14-9-21(35,8-13(3)31-14)19-7-18(23(27,28)29)32-33(19)4/h5-7,11-14,31,35H,8-10H2,1-4H3. The molecule has 0 amide bonds. The fourth-order valence-electron chi connectivity index (χ4n) is 4.91. The Balaban J connectivity index is 1.58. The number of imidazole rings is 1. The van der Waals surface area contributed by atoms with E-state index in [4.69, 9.17) is 4.74 Å². The van der Waals surface area contributed by atoms with E-state index in [-0.39, 0.29) is 54.0 Å². The monoisotopic (exact) mass is 519 g/mol. The van der Waals surface area contributed by atoms with Crippen molar-refractivity contribution in [1.82, 2.24) is 24.6 Å². The van der Waals surface area contributed by atoms with E-state index in [0.29, 0.717) is 0 Å². The number of hydrogen-bond donors (Lipinski definition) is 2. The summed E-state index contributed by atoms with van der Waals surface area (Å²) in [5.74, 6) is -0.0488. The maximum absolute atomic E-state index is 13.8. The first-order valence-electron chi connectivity index (χ1n) is 11.4. The summed E-state index contributed by atoms with van der Waals surface area (Å²) in [7, 11) is 1.32. The number of piperidine rings is 1. The van der Waals surface area contributed by atoms with Gasteiger partial charge in [0.2, 0.25) is 0 Å². The van der Waals surface area contributed by atoms with Crippen molar-refractivity contribution in [3.8, 4) is 5.75 Å². The normalized spacial score (nSPS) is 23.6. The van der Waals surface area contributed by atoms with Crippen molar-refractivity contribution in [1.29, 1.82) is 0 Å². The van der Waals surface area contributed by atoms with Crippen LogP contribution in [0.15, 0.2) is 24.5 Å². The molecule has 3 unspecified atom stereocenters. The van der Waals surface area contributed by atoms with E-state index in [0.717, 1.165) is 16.8 Å². The van der Waals surface area contributed by atoms with Crippen LogP contribution < -0.4 is 10.1 Å². The summed E-state index contributed by atoms with van der Waals surface area (Å²) in [6.45, 7) is 5.14. The molecule has 2 N–H and O–H groups in total. The first-order chi connectivity index (χ1) is 16.6. The molecule has 0 saturated carbocycles. The van der Waals surface area contributed by atoms with Gasteiger partial charge in [-0.1, -0.05) is 0 Å². The minimum atomic E-state index is -4.66. The Morgan fingerprint density at radius 1 is 1.14 bits per heavy atom. The Labute approximate surface area is 203 Å². The zero-order chi connectivity index (χ0) is 26.6. The van der Waals surface area contributed by atoms with Crippen molar-refractivity contribution in [2.45, 2.75) is 69.7 Å². The Morgan fingerprint density at radius 2 is 1.83 bits per heavy atom. The third-order valence-corrected chi connectivity index (χ3v) is 6.35. The highest BCUT2D eigenvalue weighted by atomic mass is 19.4. The molecule has 0 spiro atoms. The summed E-state index contributed by atoms with van der Waals surface area (Å²) < 4.78 is 89.1. The summed E-state index contributed by atoms with van der Waals surface area (Å²) in [4.78, 5) is 4.10. The van der Waals surface area contributed by atoms with Crippen LogP contribution in [0.25, 0.3) is 11.0 Å². The van der Waals surface area contributed by atoms with Crippen LogP contribution in [0, 0.1) is 0 Å². The van der Waals surface area contributed by atoms with E-state index in [1.807, 2.05) is 0 Å². The van der Waals surface area contributed by atoms with Gasteiger partial charge >= 0.3 is 12.4 Å². The Morgan fingerprint density at radius 3 is 2.42 bits per heavy atom. The number of hydrogen-bond acceptors (Lipinski definition) is 5. The maximum Gasteiger partial charge on any atom is 0.435 e. The lowest BCUT2D eigenvalue weighted by Gasteiger charge is -2.40. The first-order valence-corrected chi connectivity index (χ1v) is 11.4. The molecule has 0 bridgehead atoms. The van der Waals surface area contributed by atoms with Gasteiger partial charge in [-0.05, 0) is 39.3 Å². The quantitative estimate of drug-likeness (QED) is 0.474. The Kier molecular flexibility index (Phi) is 6.53. The fourth-order valence-corrected chi connectivity index (χ4v) is 4.91. The number of benzene rings is 1. The highest BCUT2D eigenvalue weighted by molar-refractivity contribution is 5.81. The summed E-state index contributed by atoms with van der Waals surface area (Å²) in [6, 6.07) is 2.05. The number of aromatic nitrogens is 4. The predicted molar refractivity (Wildman–Crippen MR) is 118 cm³/mol. The van der Waals surface area contributed by atoms with Crippen molar-refractivity contribution in [3.63, 3.8) is 0 Å². The summed E-state index contributed by atoms with van der Waals surface area (Å²) in [5, 5.41) is 18.0. The van der Waals surface area contributed by atoms with Crippen molar-refractivity contribution >= 4 is 11.0 Å². The average Bonchev–Trinajstić information content (AvgIpc) is 3.34. The molecule has 0 radical (unpaired) electrons. The summed E-state index contributed by atoms with van der Waals surface area (Å²) in [5.41, 5.74) is -3.53. The van der Waals surface area contributed by atoms with Gasteiger partial charge in [0.25, 0.3) is 0 Å². The van der Waals surface area contributed by atoms with Crippen LogP contribution >= 0.6 is 0 Å². The Bertz CT molecular complexity index is 1250. The molecule has 13 heteroatoms. The van der Waals surface area contributed by atoms with E-state index in [9.17, 15) is 31.4 Å². The molecule has 1 aliphatic heterocycles. The molecule has 0 aliphatic carbocycles. The molecule has 1 aromatic carbocycles. The fraction of sp³-hybridized carbons (Fsp3) is 0.565. The smallest absolute Gasteiger partial charge is 0.435 e. The summed E-state index contributed by atoms with van der Waals surface area (Å²) >= 11 is 0. The largest absolute Gasteiger partial charge is 0.492 e. The zero-order valence-electron chi connectivity index (χ0n) is 20.1. The lowest BCUT2D eigenvalue weighted by Crippen LogP contribution is -2.53. The molecule has 3 atom stereocenters. The molecule has 198 valence electrons. The SMILES string of the molecule is CC1CC(O)(c2cc(C(F)(F)F)nn2C)CC(COc2cc(C(F)(F)F)c3c(c2)ncn3C(C)C)N1. The molecule has 4 rings (SSSR count). The number of nitrogens with zero attached hydrogens (tertiary/aromatic N) is 4. The van der Waals surface area contributed by atoms with Crippen LogP contribution in [0.3, 0.4) is 0 Å². The second-order valence-corrected chi connectivity index (χ2v) is 9.63. The molecule has 1 saturated heterocycles.